The Morgan fingerprint density at radius 3 is 2.16 bits per heavy atom. The van der Waals surface area contributed by atoms with E-state index in [0.29, 0.717) is 6.42 Å². The van der Waals surface area contributed by atoms with Crippen LogP contribution in [0.1, 0.15) is 54.4 Å². The van der Waals surface area contributed by atoms with Gasteiger partial charge in [-0.1, -0.05) is 66.6 Å². The fraction of sp³-hybridized carbons (Fsp3) is 0.556. The molecular formula is C27H32N2O2Si. The van der Waals surface area contributed by atoms with Crippen LogP contribution in [0.3, 0.4) is 0 Å². The molecule has 166 valence electrons. The third kappa shape index (κ3) is 3.34. The Morgan fingerprint density at radius 1 is 1.03 bits per heavy atom. The van der Waals surface area contributed by atoms with E-state index in [-0.39, 0.29) is 33.7 Å². The van der Waals surface area contributed by atoms with Crippen molar-refractivity contribution in [2.24, 2.45) is 22.2 Å². The first-order valence-electron chi connectivity index (χ1n) is 11.2. The van der Waals surface area contributed by atoms with E-state index in [1.807, 2.05) is 20.8 Å². The van der Waals surface area contributed by atoms with Crippen molar-refractivity contribution in [2.75, 3.05) is 0 Å². The second-order valence-corrected chi connectivity index (χ2v) is 16.8. The summed E-state index contributed by atoms with van der Waals surface area (Å²) in [6.45, 7) is 16.9. The van der Waals surface area contributed by atoms with Gasteiger partial charge in [0.1, 0.15) is 20.2 Å². The molecule has 0 heterocycles. The van der Waals surface area contributed by atoms with Crippen LogP contribution in [-0.4, -0.2) is 19.6 Å². The van der Waals surface area contributed by atoms with Gasteiger partial charge in [-0.2, -0.15) is 10.5 Å². The topological polar surface area (TPSA) is 81.7 Å². The number of ketones is 2. The van der Waals surface area contributed by atoms with Crippen molar-refractivity contribution in [3.05, 3.63) is 34.9 Å². The molecule has 1 fully saturated rings. The predicted octanol–water partition coefficient (Wildman–Crippen LogP) is 5.46. The van der Waals surface area contributed by atoms with Crippen molar-refractivity contribution in [2.45, 2.75) is 72.5 Å². The van der Waals surface area contributed by atoms with Gasteiger partial charge in [-0.15, -0.1) is 5.54 Å². The van der Waals surface area contributed by atoms with Gasteiger partial charge >= 0.3 is 0 Å². The quantitative estimate of drug-likeness (QED) is 0.367. The highest BCUT2D eigenvalue weighted by Gasteiger charge is 2.59. The Kier molecular flexibility index (Phi) is 5.36. The van der Waals surface area contributed by atoms with Crippen molar-refractivity contribution >= 4 is 19.6 Å². The molecule has 32 heavy (non-hydrogen) atoms. The lowest BCUT2D eigenvalue weighted by molar-refractivity contribution is -0.130. The molecule has 0 aliphatic heterocycles. The normalized spacial score (nSPS) is 31.4. The smallest absolute Gasteiger partial charge is 0.196 e. The lowest BCUT2D eigenvalue weighted by Gasteiger charge is -2.56. The van der Waals surface area contributed by atoms with E-state index in [1.54, 1.807) is 18.2 Å². The molecule has 0 saturated heterocycles. The summed E-state index contributed by atoms with van der Waals surface area (Å²) in [6, 6.07) is 4.14. The van der Waals surface area contributed by atoms with Gasteiger partial charge in [-0.05, 0) is 41.5 Å². The fourth-order valence-corrected chi connectivity index (χ4v) is 6.30. The van der Waals surface area contributed by atoms with Crippen LogP contribution >= 0.6 is 0 Å². The number of nitrogens with zero attached hydrogens (tertiary/aromatic N) is 2. The predicted molar refractivity (Wildman–Crippen MR) is 128 cm³/mol. The molecule has 0 N–H and O–H groups in total. The lowest BCUT2D eigenvalue weighted by Crippen LogP contribution is -2.53. The van der Waals surface area contributed by atoms with E-state index in [2.05, 4.69) is 57.5 Å². The van der Waals surface area contributed by atoms with Gasteiger partial charge in [-0.3, -0.25) is 9.59 Å². The summed E-state index contributed by atoms with van der Waals surface area (Å²) in [4.78, 5) is 25.8. The number of fused-ring (bicyclic) bond motifs is 3. The molecule has 3 atom stereocenters. The summed E-state index contributed by atoms with van der Waals surface area (Å²) < 4.78 is 0. The second-order valence-electron chi connectivity index (χ2n) is 11.8. The molecule has 0 unspecified atom stereocenters. The molecule has 0 radical (unpaired) electrons. The van der Waals surface area contributed by atoms with Crippen molar-refractivity contribution in [3.8, 4) is 23.6 Å². The van der Waals surface area contributed by atoms with E-state index in [9.17, 15) is 20.1 Å². The molecule has 4 nitrogen and oxygen atoms in total. The maximum absolute atomic E-state index is 13.0. The van der Waals surface area contributed by atoms with Gasteiger partial charge < -0.3 is 0 Å². The van der Waals surface area contributed by atoms with Crippen LogP contribution in [0.15, 0.2) is 34.9 Å². The van der Waals surface area contributed by atoms with Gasteiger partial charge in [0.25, 0.3) is 0 Å². The number of allylic oxidation sites excluding steroid dienone is 6. The zero-order valence-corrected chi connectivity index (χ0v) is 21.4. The molecule has 5 heteroatoms. The zero-order chi connectivity index (χ0) is 24.3. The Hall–Kier alpha value is -2.68. The molecule has 0 spiro atoms. The van der Waals surface area contributed by atoms with Crippen molar-refractivity contribution < 1.29 is 9.59 Å². The molecule has 1 saturated carbocycles. The Morgan fingerprint density at radius 2 is 1.62 bits per heavy atom. The van der Waals surface area contributed by atoms with Gasteiger partial charge in [0, 0.05) is 10.8 Å². The first kappa shape index (κ1) is 24.0. The van der Waals surface area contributed by atoms with Crippen LogP contribution in [0.5, 0.6) is 0 Å². The number of hydrogen-bond donors (Lipinski definition) is 0. The van der Waals surface area contributed by atoms with E-state index >= 15 is 0 Å². The van der Waals surface area contributed by atoms with E-state index in [0.717, 1.165) is 12.0 Å². The monoisotopic (exact) mass is 444 g/mol. The highest BCUT2D eigenvalue weighted by atomic mass is 28.3. The summed E-state index contributed by atoms with van der Waals surface area (Å²) in [6.07, 6.45) is 6.46. The number of nitriles is 2. The fourth-order valence-electron chi connectivity index (χ4n) is 5.39. The molecule has 3 aliphatic carbocycles. The van der Waals surface area contributed by atoms with Gasteiger partial charge in [-0.25, -0.2) is 0 Å². The average Bonchev–Trinajstić information content (AvgIpc) is 2.69. The minimum Gasteiger partial charge on any atom is -0.293 e. The third-order valence-electron chi connectivity index (χ3n) is 8.40. The molecular weight excluding hydrogens is 412 g/mol. The standard InChI is InChI=1S/C27H32N2O2Si/c1-24(2,3)32(7,8)12-11-27-10-9-21-25(4,5)23(31)19(17-29)14-26(21,6)22(27)13-20(30)18(15-27)16-28/h13-15,21H,9-10H2,1-8H3/t21-,26-,27+/m0/s1. The molecule has 0 aromatic heterocycles. The number of carbonyl (C=O) groups excluding carboxylic acids is 2. The first-order valence-corrected chi connectivity index (χ1v) is 14.2. The van der Waals surface area contributed by atoms with E-state index < -0.39 is 24.3 Å². The minimum atomic E-state index is -1.95. The van der Waals surface area contributed by atoms with Crippen molar-refractivity contribution in [1.82, 2.24) is 0 Å². The largest absolute Gasteiger partial charge is 0.293 e. The molecule has 3 rings (SSSR count). The maximum Gasteiger partial charge on any atom is 0.196 e. The molecule has 0 amide bonds. The highest BCUT2D eigenvalue weighted by molar-refractivity contribution is 6.87. The summed E-state index contributed by atoms with van der Waals surface area (Å²) in [5.41, 5.74) is 2.57. The highest BCUT2D eigenvalue weighted by Crippen LogP contribution is 2.63. The molecule has 0 aromatic carbocycles. The van der Waals surface area contributed by atoms with Gasteiger partial charge in [0.2, 0.25) is 0 Å². The molecule has 0 bridgehead atoms. The second kappa shape index (κ2) is 7.16. The van der Waals surface area contributed by atoms with Gasteiger partial charge in [0.15, 0.2) is 11.6 Å². The van der Waals surface area contributed by atoms with Crippen LogP contribution in [0.4, 0.5) is 0 Å². The van der Waals surface area contributed by atoms with Crippen molar-refractivity contribution in [1.29, 1.82) is 10.5 Å². The Bertz CT molecular complexity index is 1150. The van der Waals surface area contributed by atoms with Crippen LogP contribution < -0.4 is 0 Å². The number of Topliss-reactive ketones (excluding diaryl/α,β-unsaturated/α-hetero) is 1. The Balaban J connectivity index is 2.31. The maximum atomic E-state index is 13.0. The molecule has 0 aromatic rings. The minimum absolute atomic E-state index is 0.0570. The first-order chi connectivity index (χ1) is 14.6. The summed E-state index contributed by atoms with van der Waals surface area (Å²) >= 11 is 0. The van der Waals surface area contributed by atoms with Crippen LogP contribution in [-0.2, 0) is 9.59 Å². The lowest BCUT2D eigenvalue weighted by atomic mass is 9.45. The number of hydrogen-bond acceptors (Lipinski definition) is 4. The zero-order valence-electron chi connectivity index (χ0n) is 20.4. The SMILES string of the molecule is CC1(C)C(=O)C(C#N)=C[C@]2(C)C3=CC(=O)C(C#N)=C[C@]3(C#C[Si](C)(C)C(C)(C)C)CC[C@@H]12. The summed E-state index contributed by atoms with van der Waals surface area (Å²) in [5, 5.41) is 19.4. The molecule has 3 aliphatic rings. The van der Waals surface area contributed by atoms with Gasteiger partial charge in [0.05, 0.1) is 16.6 Å². The van der Waals surface area contributed by atoms with Crippen LogP contribution in [0.2, 0.25) is 18.1 Å². The third-order valence-corrected chi connectivity index (χ3v) is 12.9. The Labute approximate surface area is 193 Å². The average molecular weight is 445 g/mol. The number of carbonyl (C=O) groups is 2. The van der Waals surface area contributed by atoms with Crippen molar-refractivity contribution in [3.63, 3.8) is 0 Å². The van der Waals surface area contributed by atoms with E-state index in [1.165, 1.54) is 0 Å². The van der Waals surface area contributed by atoms with Crippen LogP contribution in [0, 0.1) is 56.3 Å². The summed E-state index contributed by atoms with van der Waals surface area (Å²) in [5.74, 6) is 3.04. The summed E-state index contributed by atoms with van der Waals surface area (Å²) in [7, 11) is -1.95. The number of rotatable bonds is 0. The van der Waals surface area contributed by atoms with Crippen LogP contribution in [0.25, 0.3) is 0 Å². The van der Waals surface area contributed by atoms with E-state index in [4.69, 9.17) is 0 Å².